The molecule has 0 saturated heterocycles. The van der Waals surface area contributed by atoms with Crippen LogP contribution in [0.25, 0.3) is 0 Å². The third kappa shape index (κ3) is 3.89. The Hall–Kier alpha value is -2.42. The number of nitrogens with zero attached hydrogens (tertiary/aromatic N) is 2. The molecule has 6 nitrogen and oxygen atoms in total. The number of anilines is 2. The standard InChI is InChI=1S/C19H16ClN3O3S2/c20-14-5-7-16(8-6-14)28(25,26)22-19-21-15(12-27-19)11-18(24)23-10-9-13-3-1-2-4-17(13)23/h1-8,12H,9-11H2,(H,21,22). The summed E-state index contributed by atoms with van der Waals surface area (Å²) in [5, 5.41) is 2.37. The van der Waals surface area contributed by atoms with E-state index < -0.39 is 10.0 Å². The summed E-state index contributed by atoms with van der Waals surface area (Å²) in [5.41, 5.74) is 2.63. The number of carbonyl (C=O) groups excluding carboxylic acids is 1. The molecular weight excluding hydrogens is 418 g/mol. The molecule has 2 heterocycles. The van der Waals surface area contributed by atoms with E-state index in [1.54, 1.807) is 10.3 Å². The van der Waals surface area contributed by atoms with Crippen LogP contribution in [0.3, 0.4) is 0 Å². The Morgan fingerprint density at radius 2 is 1.93 bits per heavy atom. The Morgan fingerprint density at radius 3 is 2.71 bits per heavy atom. The highest BCUT2D eigenvalue weighted by Gasteiger charge is 2.25. The Balaban J connectivity index is 1.45. The highest BCUT2D eigenvalue weighted by molar-refractivity contribution is 7.93. The van der Waals surface area contributed by atoms with Gasteiger partial charge in [-0.15, -0.1) is 11.3 Å². The van der Waals surface area contributed by atoms with Crippen molar-refractivity contribution in [3.63, 3.8) is 0 Å². The second-order valence-electron chi connectivity index (χ2n) is 6.30. The van der Waals surface area contributed by atoms with Crippen LogP contribution in [0.5, 0.6) is 0 Å². The fourth-order valence-corrected chi connectivity index (χ4v) is 5.16. The number of para-hydroxylation sites is 1. The second-order valence-corrected chi connectivity index (χ2v) is 9.28. The minimum absolute atomic E-state index is 0.0534. The van der Waals surface area contributed by atoms with Crippen LogP contribution in [-0.2, 0) is 27.7 Å². The lowest BCUT2D eigenvalue weighted by Gasteiger charge is -2.16. The predicted octanol–water partition coefficient (Wildman–Crippen LogP) is 3.73. The van der Waals surface area contributed by atoms with Crippen molar-refractivity contribution in [3.8, 4) is 0 Å². The maximum atomic E-state index is 12.7. The lowest BCUT2D eigenvalue weighted by molar-refractivity contribution is -0.117. The van der Waals surface area contributed by atoms with Crippen LogP contribution in [0.1, 0.15) is 11.3 Å². The summed E-state index contributed by atoms with van der Waals surface area (Å²) in [6.07, 6.45) is 0.957. The molecule has 0 radical (unpaired) electrons. The zero-order valence-corrected chi connectivity index (χ0v) is 17.0. The van der Waals surface area contributed by atoms with Crippen LogP contribution < -0.4 is 9.62 Å². The Labute approximate surface area is 171 Å². The van der Waals surface area contributed by atoms with E-state index in [0.717, 1.165) is 29.0 Å². The first-order valence-electron chi connectivity index (χ1n) is 8.53. The largest absolute Gasteiger partial charge is 0.311 e. The Kier molecular flexibility index (Phi) is 5.09. The Morgan fingerprint density at radius 1 is 1.18 bits per heavy atom. The summed E-state index contributed by atoms with van der Waals surface area (Å²) >= 11 is 6.94. The number of aromatic nitrogens is 1. The Bertz CT molecular complexity index is 1130. The summed E-state index contributed by atoms with van der Waals surface area (Å²) in [6.45, 7) is 0.651. The van der Waals surface area contributed by atoms with E-state index >= 15 is 0 Å². The first-order chi connectivity index (χ1) is 13.4. The number of fused-ring (bicyclic) bond motifs is 1. The number of amides is 1. The third-order valence-electron chi connectivity index (χ3n) is 4.42. The van der Waals surface area contributed by atoms with Gasteiger partial charge in [0.15, 0.2) is 5.13 Å². The zero-order chi connectivity index (χ0) is 19.7. The van der Waals surface area contributed by atoms with Gasteiger partial charge in [0.2, 0.25) is 5.91 Å². The molecule has 0 bridgehead atoms. The van der Waals surface area contributed by atoms with Crippen molar-refractivity contribution in [1.82, 2.24) is 4.98 Å². The van der Waals surface area contributed by atoms with Crippen molar-refractivity contribution < 1.29 is 13.2 Å². The van der Waals surface area contributed by atoms with Crippen LogP contribution >= 0.6 is 22.9 Å². The van der Waals surface area contributed by atoms with Gasteiger partial charge in [-0.1, -0.05) is 29.8 Å². The molecule has 1 aromatic heterocycles. The number of nitrogens with one attached hydrogen (secondary N) is 1. The molecule has 0 atom stereocenters. The number of rotatable bonds is 5. The van der Waals surface area contributed by atoms with Crippen molar-refractivity contribution in [2.45, 2.75) is 17.7 Å². The monoisotopic (exact) mass is 433 g/mol. The number of benzene rings is 2. The van der Waals surface area contributed by atoms with Gasteiger partial charge >= 0.3 is 0 Å². The fourth-order valence-electron chi connectivity index (χ4n) is 3.07. The molecule has 0 fully saturated rings. The average Bonchev–Trinajstić information content (AvgIpc) is 3.28. The lowest BCUT2D eigenvalue weighted by Crippen LogP contribution is -2.30. The molecule has 1 N–H and O–H groups in total. The summed E-state index contributed by atoms with van der Waals surface area (Å²) < 4.78 is 27.3. The van der Waals surface area contributed by atoms with Gasteiger partial charge in [-0.2, -0.15) is 0 Å². The van der Waals surface area contributed by atoms with Gasteiger partial charge in [-0.25, -0.2) is 13.4 Å². The van der Waals surface area contributed by atoms with Gasteiger partial charge < -0.3 is 4.90 Å². The normalized spacial score (nSPS) is 13.4. The minimum Gasteiger partial charge on any atom is -0.311 e. The number of hydrogen-bond donors (Lipinski definition) is 1. The van der Waals surface area contributed by atoms with E-state index in [2.05, 4.69) is 9.71 Å². The maximum absolute atomic E-state index is 12.7. The van der Waals surface area contributed by atoms with Gasteiger partial charge in [0.25, 0.3) is 10.0 Å². The van der Waals surface area contributed by atoms with E-state index in [1.807, 2.05) is 24.3 Å². The van der Waals surface area contributed by atoms with Crippen molar-refractivity contribution in [3.05, 3.63) is 70.2 Å². The molecule has 1 amide bonds. The summed E-state index contributed by atoms with van der Waals surface area (Å²) in [7, 11) is -3.76. The summed E-state index contributed by atoms with van der Waals surface area (Å²) in [6, 6.07) is 13.7. The van der Waals surface area contributed by atoms with Crippen molar-refractivity contribution in [1.29, 1.82) is 0 Å². The number of thiazole rings is 1. The van der Waals surface area contributed by atoms with Crippen LogP contribution in [-0.4, -0.2) is 25.9 Å². The summed E-state index contributed by atoms with van der Waals surface area (Å²) in [4.78, 5) is 18.8. The van der Waals surface area contributed by atoms with Crippen molar-refractivity contribution in [2.75, 3.05) is 16.2 Å². The van der Waals surface area contributed by atoms with Gasteiger partial charge in [0.1, 0.15) is 0 Å². The lowest BCUT2D eigenvalue weighted by atomic mass is 10.2. The van der Waals surface area contributed by atoms with Crippen LogP contribution in [0.15, 0.2) is 58.8 Å². The highest BCUT2D eigenvalue weighted by atomic mass is 35.5. The van der Waals surface area contributed by atoms with Crippen molar-refractivity contribution in [2.24, 2.45) is 0 Å². The number of halogens is 1. The smallest absolute Gasteiger partial charge is 0.263 e. The van der Waals surface area contributed by atoms with E-state index in [0.29, 0.717) is 17.3 Å². The van der Waals surface area contributed by atoms with Gasteiger partial charge in [0, 0.05) is 22.6 Å². The zero-order valence-electron chi connectivity index (χ0n) is 14.6. The van der Waals surface area contributed by atoms with E-state index in [9.17, 15) is 13.2 Å². The molecule has 4 rings (SSSR count). The van der Waals surface area contributed by atoms with E-state index in [-0.39, 0.29) is 22.4 Å². The van der Waals surface area contributed by atoms with Gasteiger partial charge in [0.05, 0.1) is 17.0 Å². The fraction of sp³-hybridized carbons (Fsp3) is 0.158. The van der Waals surface area contributed by atoms with Crippen LogP contribution in [0.2, 0.25) is 5.02 Å². The second kappa shape index (κ2) is 7.54. The van der Waals surface area contributed by atoms with Crippen LogP contribution in [0.4, 0.5) is 10.8 Å². The molecule has 1 aliphatic heterocycles. The van der Waals surface area contributed by atoms with E-state index in [4.69, 9.17) is 11.6 Å². The quantitative estimate of drug-likeness (QED) is 0.664. The molecule has 0 aliphatic carbocycles. The van der Waals surface area contributed by atoms with Gasteiger partial charge in [-0.05, 0) is 42.3 Å². The van der Waals surface area contributed by atoms with Gasteiger partial charge in [-0.3, -0.25) is 9.52 Å². The SMILES string of the molecule is O=C(Cc1csc(NS(=O)(=O)c2ccc(Cl)cc2)n1)N1CCc2ccccc21. The molecule has 144 valence electrons. The number of sulfonamides is 1. The molecule has 0 saturated carbocycles. The molecule has 2 aromatic carbocycles. The summed E-state index contributed by atoms with van der Waals surface area (Å²) in [5.74, 6) is -0.0534. The molecule has 0 unspecified atom stereocenters. The first-order valence-corrected chi connectivity index (χ1v) is 11.3. The predicted molar refractivity (Wildman–Crippen MR) is 111 cm³/mol. The highest BCUT2D eigenvalue weighted by Crippen LogP contribution is 2.28. The van der Waals surface area contributed by atoms with Crippen LogP contribution in [0, 0.1) is 0 Å². The number of carbonyl (C=O) groups is 1. The molecule has 9 heteroatoms. The maximum Gasteiger partial charge on any atom is 0.263 e. The number of hydrogen-bond acceptors (Lipinski definition) is 5. The molecule has 3 aromatic rings. The average molecular weight is 434 g/mol. The first kappa shape index (κ1) is 18.9. The molecular formula is C19H16ClN3O3S2. The third-order valence-corrected chi connectivity index (χ3v) is 6.96. The minimum atomic E-state index is -3.76. The van der Waals surface area contributed by atoms with E-state index in [1.165, 1.54) is 24.3 Å². The molecule has 28 heavy (non-hydrogen) atoms. The molecule has 1 aliphatic rings. The molecule has 0 spiro atoms. The van der Waals surface area contributed by atoms with Crippen molar-refractivity contribution >= 4 is 49.7 Å². The topological polar surface area (TPSA) is 79.4 Å².